The lowest BCUT2D eigenvalue weighted by Crippen LogP contribution is -2.48. The summed E-state index contributed by atoms with van der Waals surface area (Å²) in [6.45, 7) is 0. The van der Waals surface area contributed by atoms with Crippen LogP contribution in [0.3, 0.4) is 0 Å². The number of hydrogen-bond acceptors (Lipinski definition) is 3. The van der Waals surface area contributed by atoms with Crippen LogP contribution in [0, 0.1) is 0 Å². The molecule has 2 aliphatic rings. The van der Waals surface area contributed by atoms with Crippen molar-refractivity contribution in [3.63, 3.8) is 0 Å². The van der Waals surface area contributed by atoms with Crippen molar-refractivity contribution in [2.75, 3.05) is 5.75 Å². The Kier molecular flexibility index (Phi) is 6.87. The number of benzene rings is 1. The highest BCUT2D eigenvalue weighted by atomic mass is 35.5. The first kappa shape index (κ1) is 17.9. The van der Waals surface area contributed by atoms with Crippen molar-refractivity contribution < 1.29 is 4.79 Å². The van der Waals surface area contributed by atoms with Crippen molar-refractivity contribution >= 4 is 41.7 Å². The summed E-state index contributed by atoms with van der Waals surface area (Å²) in [5, 5.41) is 7.54. The molecule has 2 heterocycles. The van der Waals surface area contributed by atoms with Gasteiger partial charge in [0.25, 0.3) is 0 Å². The lowest BCUT2D eigenvalue weighted by atomic mass is 10.00. The van der Waals surface area contributed by atoms with Gasteiger partial charge in [-0.2, -0.15) is 0 Å². The van der Waals surface area contributed by atoms with Crippen LogP contribution >= 0.6 is 35.8 Å². The minimum Gasteiger partial charge on any atom is -0.353 e. The predicted octanol–water partition coefficient (Wildman–Crippen LogP) is 3.39. The van der Waals surface area contributed by atoms with Crippen LogP contribution in [0.4, 0.5) is 0 Å². The number of rotatable bonds is 5. The van der Waals surface area contributed by atoms with Crippen molar-refractivity contribution in [2.45, 2.75) is 49.6 Å². The maximum Gasteiger partial charge on any atom is 0.230 e. The second-order valence-electron chi connectivity index (χ2n) is 6.00. The molecule has 0 radical (unpaired) electrons. The van der Waals surface area contributed by atoms with Gasteiger partial charge in [0.15, 0.2) is 0 Å². The van der Waals surface area contributed by atoms with E-state index >= 15 is 0 Å². The van der Waals surface area contributed by atoms with Crippen LogP contribution in [-0.2, 0) is 10.5 Å². The minimum absolute atomic E-state index is 0. The Hall–Kier alpha value is -0.420. The molecule has 2 bridgehead atoms. The Balaban J connectivity index is 0.00000176. The molecule has 1 aromatic rings. The van der Waals surface area contributed by atoms with E-state index in [-0.39, 0.29) is 18.3 Å². The van der Waals surface area contributed by atoms with Crippen LogP contribution < -0.4 is 10.6 Å². The number of fused-ring (bicyclic) bond motifs is 2. The number of nitrogens with one attached hydrogen (secondary N) is 2. The average molecular weight is 361 g/mol. The second kappa shape index (κ2) is 8.44. The number of carbonyl (C=O) groups excluding carboxylic acids is 1. The highest BCUT2D eigenvalue weighted by molar-refractivity contribution is 7.99. The first-order chi connectivity index (χ1) is 10.2. The zero-order chi connectivity index (χ0) is 14.7. The summed E-state index contributed by atoms with van der Waals surface area (Å²) in [4.78, 5) is 12.0. The molecule has 2 saturated heterocycles. The zero-order valence-corrected chi connectivity index (χ0v) is 14.8. The van der Waals surface area contributed by atoms with E-state index in [2.05, 4.69) is 10.6 Å². The average Bonchev–Trinajstić information content (AvgIpc) is 2.78. The van der Waals surface area contributed by atoms with E-state index in [4.69, 9.17) is 11.6 Å². The third-order valence-corrected chi connectivity index (χ3v) is 5.47. The quantitative estimate of drug-likeness (QED) is 0.845. The fourth-order valence-electron chi connectivity index (χ4n) is 3.33. The summed E-state index contributed by atoms with van der Waals surface area (Å²) in [6, 6.07) is 9.42. The van der Waals surface area contributed by atoms with Crippen LogP contribution in [0.5, 0.6) is 0 Å². The molecule has 2 aliphatic heterocycles. The fraction of sp³-hybridized carbons (Fsp3) is 0.562. The van der Waals surface area contributed by atoms with Gasteiger partial charge in [0, 0.05) is 28.9 Å². The Morgan fingerprint density at radius 3 is 2.73 bits per heavy atom. The number of piperidine rings is 1. The molecule has 0 aromatic heterocycles. The molecular formula is C16H22Cl2N2OS. The van der Waals surface area contributed by atoms with Crippen molar-refractivity contribution in [2.24, 2.45) is 0 Å². The summed E-state index contributed by atoms with van der Waals surface area (Å²) < 4.78 is 0. The first-order valence-corrected chi connectivity index (χ1v) is 9.10. The first-order valence-electron chi connectivity index (χ1n) is 7.56. The molecule has 1 amide bonds. The Bertz CT molecular complexity index is 503. The summed E-state index contributed by atoms with van der Waals surface area (Å²) in [7, 11) is 0. The smallest absolute Gasteiger partial charge is 0.230 e. The number of carbonyl (C=O) groups is 1. The van der Waals surface area contributed by atoms with Gasteiger partial charge in [-0.25, -0.2) is 0 Å². The molecule has 0 spiro atoms. The predicted molar refractivity (Wildman–Crippen MR) is 96.0 cm³/mol. The highest BCUT2D eigenvalue weighted by Crippen LogP contribution is 2.26. The van der Waals surface area contributed by atoms with E-state index in [1.807, 2.05) is 24.3 Å². The molecule has 2 N–H and O–H groups in total. The SMILES string of the molecule is Cl.O=C(CSCc1cccc(Cl)c1)NC1CC2CCC(C1)N2. The van der Waals surface area contributed by atoms with E-state index in [0.717, 1.165) is 23.6 Å². The topological polar surface area (TPSA) is 41.1 Å². The highest BCUT2D eigenvalue weighted by Gasteiger charge is 2.33. The van der Waals surface area contributed by atoms with Crippen LogP contribution in [-0.4, -0.2) is 29.8 Å². The van der Waals surface area contributed by atoms with Crippen LogP contribution in [0.25, 0.3) is 0 Å². The van der Waals surface area contributed by atoms with E-state index in [1.165, 1.54) is 18.4 Å². The number of halogens is 2. The zero-order valence-electron chi connectivity index (χ0n) is 12.4. The lowest BCUT2D eigenvalue weighted by Gasteiger charge is -2.29. The van der Waals surface area contributed by atoms with Crippen molar-refractivity contribution in [3.05, 3.63) is 34.9 Å². The van der Waals surface area contributed by atoms with Crippen LogP contribution in [0.1, 0.15) is 31.2 Å². The van der Waals surface area contributed by atoms with Gasteiger partial charge in [-0.05, 0) is 43.4 Å². The summed E-state index contributed by atoms with van der Waals surface area (Å²) >= 11 is 7.60. The van der Waals surface area contributed by atoms with E-state index in [9.17, 15) is 4.79 Å². The fourth-order valence-corrected chi connectivity index (χ4v) is 4.33. The summed E-state index contributed by atoms with van der Waals surface area (Å²) in [5.74, 6) is 1.50. The van der Waals surface area contributed by atoms with Gasteiger partial charge in [-0.3, -0.25) is 4.79 Å². The lowest BCUT2D eigenvalue weighted by molar-refractivity contribution is -0.119. The standard InChI is InChI=1S/C16H21ClN2OS.ClH/c17-12-3-1-2-11(6-12)9-21-10-16(20)19-15-7-13-4-5-14(8-15)18-13;/h1-3,6,13-15,18H,4-5,7-10H2,(H,19,20);1H. The summed E-state index contributed by atoms with van der Waals surface area (Å²) in [5.41, 5.74) is 1.17. The number of amides is 1. The molecule has 1 aromatic carbocycles. The Morgan fingerprint density at radius 2 is 2.05 bits per heavy atom. The molecule has 6 heteroatoms. The van der Waals surface area contributed by atoms with Crippen molar-refractivity contribution in [1.29, 1.82) is 0 Å². The molecule has 2 fully saturated rings. The molecule has 2 unspecified atom stereocenters. The molecule has 3 rings (SSSR count). The molecule has 0 saturated carbocycles. The maximum atomic E-state index is 12.0. The second-order valence-corrected chi connectivity index (χ2v) is 7.42. The molecule has 22 heavy (non-hydrogen) atoms. The molecular weight excluding hydrogens is 339 g/mol. The maximum absolute atomic E-state index is 12.0. The van der Waals surface area contributed by atoms with E-state index in [1.54, 1.807) is 11.8 Å². The molecule has 2 atom stereocenters. The van der Waals surface area contributed by atoms with Crippen LogP contribution in [0.15, 0.2) is 24.3 Å². The third kappa shape index (κ3) is 5.05. The third-order valence-electron chi connectivity index (χ3n) is 4.23. The summed E-state index contributed by atoms with van der Waals surface area (Å²) in [6.07, 6.45) is 4.70. The number of thioether (sulfide) groups is 1. The molecule has 0 aliphatic carbocycles. The normalized spacial score (nSPS) is 26.3. The molecule has 3 nitrogen and oxygen atoms in total. The van der Waals surface area contributed by atoms with E-state index < -0.39 is 0 Å². The van der Waals surface area contributed by atoms with Crippen molar-refractivity contribution in [1.82, 2.24) is 10.6 Å². The monoisotopic (exact) mass is 360 g/mol. The molecule has 122 valence electrons. The Morgan fingerprint density at radius 1 is 1.32 bits per heavy atom. The van der Waals surface area contributed by atoms with Gasteiger partial charge in [-0.15, -0.1) is 24.2 Å². The Labute approximate surface area is 147 Å². The van der Waals surface area contributed by atoms with Gasteiger partial charge in [-0.1, -0.05) is 23.7 Å². The van der Waals surface area contributed by atoms with Gasteiger partial charge in [0.05, 0.1) is 5.75 Å². The van der Waals surface area contributed by atoms with Gasteiger partial charge >= 0.3 is 0 Å². The largest absolute Gasteiger partial charge is 0.353 e. The van der Waals surface area contributed by atoms with E-state index in [0.29, 0.717) is 23.9 Å². The van der Waals surface area contributed by atoms with Gasteiger partial charge < -0.3 is 10.6 Å². The van der Waals surface area contributed by atoms with Crippen LogP contribution in [0.2, 0.25) is 5.02 Å². The van der Waals surface area contributed by atoms with Gasteiger partial charge in [0.2, 0.25) is 5.91 Å². The number of hydrogen-bond donors (Lipinski definition) is 2. The minimum atomic E-state index is 0. The van der Waals surface area contributed by atoms with Gasteiger partial charge in [0.1, 0.15) is 0 Å². The van der Waals surface area contributed by atoms with Crippen molar-refractivity contribution in [3.8, 4) is 0 Å².